The van der Waals surface area contributed by atoms with Gasteiger partial charge in [-0.25, -0.2) is 17.2 Å². The van der Waals surface area contributed by atoms with Crippen molar-refractivity contribution < 1.29 is 22.0 Å². The van der Waals surface area contributed by atoms with Gasteiger partial charge >= 0.3 is 0 Å². The number of carbonyl (C=O) groups is 1. The Kier molecular flexibility index (Phi) is 4.60. The Bertz CT molecular complexity index is 880. The Morgan fingerprint density at radius 1 is 1.12 bits per heavy atom. The second kappa shape index (κ2) is 6.52. The Morgan fingerprint density at radius 3 is 2.50 bits per heavy atom. The van der Waals surface area contributed by atoms with Crippen LogP contribution in [-0.4, -0.2) is 20.1 Å². The van der Waals surface area contributed by atoms with Gasteiger partial charge in [0.15, 0.2) is 0 Å². The summed E-state index contributed by atoms with van der Waals surface area (Å²) in [5.74, 6) is -3.73. The minimum absolute atomic E-state index is 0.425. The van der Waals surface area contributed by atoms with E-state index in [-0.39, 0.29) is 0 Å². The standard InChI is InChI=1S/C16H13F2NO3S2/c17-13-5-3-6-14(18)12(13)9-24(21,22)19-16(20)11-8-23-15-7-2-1-4-10(11)15/h1-7,11H,8-9H2,(H,19,20). The van der Waals surface area contributed by atoms with Gasteiger partial charge in [-0.05, 0) is 23.8 Å². The van der Waals surface area contributed by atoms with Crippen LogP contribution in [0, 0.1) is 11.6 Å². The van der Waals surface area contributed by atoms with Gasteiger partial charge in [-0.2, -0.15) is 0 Å². The zero-order valence-electron chi connectivity index (χ0n) is 12.3. The minimum atomic E-state index is -4.21. The van der Waals surface area contributed by atoms with Crippen LogP contribution in [0.2, 0.25) is 0 Å². The number of hydrogen-bond donors (Lipinski definition) is 1. The molecule has 0 bridgehead atoms. The molecule has 1 N–H and O–H groups in total. The third kappa shape index (κ3) is 3.44. The van der Waals surface area contributed by atoms with E-state index in [9.17, 15) is 22.0 Å². The van der Waals surface area contributed by atoms with Crippen LogP contribution in [0.1, 0.15) is 17.0 Å². The zero-order chi connectivity index (χ0) is 17.3. The fourth-order valence-corrected chi connectivity index (χ4v) is 4.91. The first-order valence-corrected chi connectivity index (χ1v) is 9.70. The van der Waals surface area contributed by atoms with Gasteiger partial charge in [-0.3, -0.25) is 9.52 Å². The van der Waals surface area contributed by atoms with E-state index in [1.54, 1.807) is 12.1 Å². The van der Waals surface area contributed by atoms with E-state index in [1.807, 2.05) is 16.9 Å². The highest BCUT2D eigenvalue weighted by molar-refractivity contribution is 7.99. The van der Waals surface area contributed by atoms with E-state index < -0.39 is 44.8 Å². The van der Waals surface area contributed by atoms with Crippen molar-refractivity contribution in [1.82, 2.24) is 4.72 Å². The molecule has 1 atom stereocenters. The van der Waals surface area contributed by atoms with Crippen LogP contribution in [0.3, 0.4) is 0 Å². The summed E-state index contributed by atoms with van der Waals surface area (Å²) in [7, 11) is -4.21. The maximum absolute atomic E-state index is 13.6. The molecule has 0 spiro atoms. The minimum Gasteiger partial charge on any atom is -0.273 e. The number of carbonyl (C=O) groups excluding carboxylic acids is 1. The van der Waals surface area contributed by atoms with Gasteiger partial charge in [0.1, 0.15) is 17.4 Å². The Hall–Kier alpha value is -1.93. The van der Waals surface area contributed by atoms with E-state index >= 15 is 0 Å². The van der Waals surface area contributed by atoms with Crippen molar-refractivity contribution in [2.45, 2.75) is 16.6 Å². The molecular formula is C16H13F2NO3S2. The lowest BCUT2D eigenvalue weighted by Crippen LogP contribution is -2.35. The van der Waals surface area contributed by atoms with Crippen LogP contribution >= 0.6 is 11.8 Å². The topological polar surface area (TPSA) is 63.2 Å². The average Bonchev–Trinajstić information content (AvgIpc) is 2.95. The summed E-state index contributed by atoms with van der Waals surface area (Å²) in [6, 6.07) is 10.3. The van der Waals surface area contributed by atoms with Crippen LogP contribution in [0.4, 0.5) is 8.78 Å². The SMILES string of the molecule is O=C(NS(=O)(=O)Cc1c(F)cccc1F)C1CSc2ccccc21. The molecule has 1 heterocycles. The van der Waals surface area contributed by atoms with Crippen LogP contribution in [0.25, 0.3) is 0 Å². The molecule has 0 radical (unpaired) electrons. The Balaban J connectivity index is 1.77. The molecule has 8 heteroatoms. The molecule has 2 aromatic rings. The summed E-state index contributed by atoms with van der Waals surface area (Å²) in [5.41, 5.74) is 0.172. The predicted molar refractivity (Wildman–Crippen MR) is 87.0 cm³/mol. The number of amides is 1. The Labute approximate surface area is 142 Å². The fourth-order valence-electron chi connectivity index (χ4n) is 2.50. The number of rotatable bonds is 4. The second-order valence-electron chi connectivity index (χ2n) is 5.33. The number of fused-ring (bicyclic) bond motifs is 1. The number of nitrogens with one attached hydrogen (secondary N) is 1. The summed E-state index contributed by atoms with van der Waals surface area (Å²) >= 11 is 1.46. The number of sulfonamides is 1. The van der Waals surface area contributed by atoms with E-state index in [0.717, 1.165) is 28.7 Å². The molecule has 0 aliphatic carbocycles. The van der Waals surface area contributed by atoms with E-state index in [4.69, 9.17) is 0 Å². The van der Waals surface area contributed by atoms with Gasteiger partial charge in [0.2, 0.25) is 15.9 Å². The number of hydrogen-bond acceptors (Lipinski definition) is 4. The number of thioether (sulfide) groups is 1. The quantitative estimate of drug-likeness (QED) is 0.900. The molecule has 126 valence electrons. The third-order valence-corrected chi connectivity index (χ3v) is 6.03. The highest BCUT2D eigenvalue weighted by Crippen LogP contribution is 2.39. The zero-order valence-corrected chi connectivity index (χ0v) is 14.0. The summed E-state index contributed by atoms with van der Waals surface area (Å²) in [6.07, 6.45) is 0. The van der Waals surface area contributed by atoms with Gasteiger partial charge < -0.3 is 0 Å². The fraction of sp³-hybridized carbons (Fsp3) is 0.188. The summed E-state index contributed by atoms with van der Waals surface area (Å²) < 4.78 is 53.3. The van der Waals surface area contributed by atoms with Crippen LogP contribution in [0.15, 0.2) is 47.4 Å². The molecule has 24 heavy (non-hydrogen) atoms. The van der Waals surface area contributed by atoms with Crippen LogP contribution in [-0.2, 0) is 20.6 Å². The van der Waals surface area contributed by atoms with Crippen molar-refractivity contribution in [1.29, 1.82) is 0 Å². The van der Waals surface area contributed by atoms with Gasteiger partial charge in [0.25, 0.3) is 0 Å². The summed E-state index contributed by atoms with van der Waals surface area (Å²) in [4.78, 5) is 13.2. The number of halogens is 2. The average molecular weight is 369 g/mol. The molecule has 1 unspecified atom stereocenters. The molecule has 3 rings (SSSR count). The summed E-state index contributed by atoms with van der Waals surface area (Å²) in [5, 5.41) is 0. The molecule has 0 saturated heterocycles. The van der Waals surface area contributed by atoms with E-state index in [1.165, 1.54) is 11.8 Å². The van der Waals surface area contributed by atoms with Crippen molar-refractivity contribution in [3.8, 4) is 0 Å². The second-order valence-corrected chi connectivity index (χ2v) is 8.11. The molecule has 0 fully saturated rings. The predicted octanol–water partition coefficient (Wildman–Crippen LogP) is 2.80. The molecule has 4 nitrogen and oxygen atoms in total. The molecule has 0 aromatic heterocycles. The van der Waals surface area contributed by atoms with Crippen molar-refractivity contribution in [3.63, 3.8) is 0 Å². The molecule has 2 aromatic carbocycles. The van der Waals surface area contributed by atoms with Crippen molar-refractivity contribution in [3.05, 3.63) is 65.2 Å². The van der Waals surface area contributed by atoms with Crippen molar-refractivity contribution >= 4 is 27.7 Å². The van der Waals surface area contributed by atoms with Crippen molar-refractivity contribution in [2.24, 2.45) is 0 Å². The highest BCUT2D eigenvalue weighted by atomic mass is 32.2. The summed E-state index contributed by atoms with van der Waals surface area (Å²) in [6.45, 7) is 0. The number of benzene rings is 2. The molecular weight excluding hydrogens is 356 g/mol. The lowest BCUT2D eigenvalue weighted by atomic mass is 10.0. The molecule has 1 aliphatic heterocycles. The lowest BCUT2D eigenvalue weighted by Gasteiger charge is -2.12. The van der Waals surface area contributed by atoms with Gasteiger partial charge in [-0.1, -0.05) is 24.3 Å². The van der Waals surface area contributed by atoms with E-state index in [0.29, 0.717) is 5.75 Å². The molecule has 0 saturated carbocycles. The molecule has 1 aliphatic rings. The first-order valence-electron chi connectivity index (χ1n) is 7.06. The van der Waals surface area contributed by atoms with Crippen molar-refractivity contribution in [2.75, 3.05) is 5.75 Å². The lowest BCUT2D eigenvalue weighted by molar-refractivity contribution is -0.120. The van der Waals surface area contributed by atoms with Gasteiger partial charge in [0.05, 0.1) is 5.92 Å². The first kappa shape index (κ1) is 16.9. The normalized spacial score (nSPS) is 16.7. The monoisotopic (exact) mass is 369 g/mol. The highest BCUT2D eigenvalue weighted by Gasteiger charge is 2.31. The first-order chi connectivity index (χ1) is 11.4. The smallest absolute Gasteiger partial charge is 0.241 e. The Morgan fingerprint density at radius 2 is 1.79 bits per heavy atom. The van der Waals surface area contributed by atoms with Gasteiger partial charge in [-0.15, -0.1) is 11.8 Å². The maximum atomic E-state index is 13.6. The van der Waals surface area contributed by atoms with Crippen LogP contribution in [0.5, 0.6) is 0 Å². The largest absolute Gasteiger partial charge is 0.273 e. The maximum Gasteiger partial charge on any atom is 0.241 e. The van der Waals surface area contributed by atoms with Gasteiger partial charge in [0, 0.05) is 16.2 Å². The van der Waals surface area contributed by atoms with Crippen LogP contribution < -0.4 is 4.72 Å². The van der Waals surface area contributed by atoms with E-state index in [2.05, 4.69) is 0 Å². The third-order valence-electron chi connectivity index (χ3n) is 3.67. The molecule has 1 amide bonds.